The first-order valence-electron chi connectivity index (χ1n) is 6.60. The summed E-state index contributed by atoms with van der Waals surface area (Å²) in [7, 11) is 0.961. The van der Waals surface area contributed by atoms with Crippen molar-refractivity contribution in [1.29, 1.82) is 0 Å². The van der Waals surface area contributed by atoms with Crippen LogP contribution in [0, 0.1) is 0 Å². The Bertz CT molecular complexity index is 481. The first-order valence-corrected chi connectivity index (χ1v) is 8.25. The van der Waals surface area contributed by atoms with Gasteiger partial charge in [-0.25, -0.2) is 8.42 Å². The van der Waals surface area contributed by atoms with E-state index < -0.39 is 9.84 Å². The molecular weight excluding hydrogens is 260 g/mol. The van der Waals surface area contributed by atoms with Crippen molar-refractivity contribution in [2.75, 3.05) is 31.7 Å². The lowest BCUT2D eigenvalue weighted by molar-refractivity contribution is 0.326. The van der Waals surface area contributed by atoms with E-state index in [1.54, 1.807) is 12.1 Å². The molecule has 0 amide bonds. The van der Waals surface area contributed by atoms with Gasteiger partial charge in [0.15, 0.2) is 9.84 Å². The van der Waals surface area contributed by atoms with E-state index in [1.165, 1.54) is 0 Å². The topological polar surface area (TPSA) is 49.4 Å². The molecule has 1 N–H and O–H groups in total. The molecule has 5 heteroatoms. The number of hydrogen-bond acceptors (Lipinski definition) is 4. The zero-order valence-electron chi connectivity index (χ0n) is 12.2. The molecule has 1 rings (SSSR count). The second kappa shape index (κ2) is 6.91. The molecule has 108 valence electrons. The van der Waals surface area contributed by atoms with Gasteiger partial charge < -0.3 is 10.2 Å². The minimum atomic E-state index is -3.11. The van der Waals surface area contributed by atoms with E-state index in [4.69, 9.17) is 0 Å². The monoisotopic (exact) mass is 284 g/mol. The molecule has 0 fully saturated rings. The number of likely N-dealkylation sites (N-methyl/N-ethyl adjacent to an activating group) is 1. The van der Waals surface area contributed by atoms with Crippen LogP contribution in [0.15, 0.2) is 29.2 Å². The Balaban J connectivity index is 2.67. The lowest BCUT2D eigenvalue weighted by atomic mass is 10.3. The molecule has 0 aliphatic rings. The van der Waals surface area contributed by atoms with Crippen LogP contribution in [-0.4, -0.2) is 45.8 Å². The lowest BCUT2D eigenvalue weighted by Crippen LogP contribution is -2.31. The third-order valence-electron chi connectivity index (χ3n) is 3.17. The van der Waals surface area contributed by atoms with Crippen LogP contribution >= 0.6 is 0 Å². The molecule has 1 aromatic carbocycles. The van der Waals surface area contributed by atoms with Crippen molar-refractivity contribution in [3.63, 3.8) is 0 Å². The Kier molecular flexibility index (Phi) is 5.82. The molecule has 0 saturated heterocycles. The van der Waals surface area contributed by atoms with Crippen LogP contribution in [0.5, 0.6) is 0 Å². The van der Waals surface area contributed by atoms with Crippen LogP contribution in [0.4, 0.5) is 5.69 Å². The normalized spacial score (nSPS) is 13.5. The zero-order valence-corrected chi connectivity index (χ0v) is 13.0. The number of anilines is 1. The fraction of sp³-hybridized carbons (Fsp3) is 0.571. The SMILES string of the molecule is CCCS(=O)(=O)c1ccc(NCC(C)N(C)C)cc1. The maximum atomic E-state index is 11.9. The van der Waals surface area contributed by atoms with Crippen molar-refractivity contribution >= 4 is 15.5 Å². The van der Waals surface area contributed by atoms with Gasteiger partial charge in [0.2, 0.25) is 0 Å². The number of nitrogens with one attached hydrogen (secondary N) is 1. The van der Waals surface area contributed by atoms with E-state index in [9.17, 15) is 8.42 Å². The van der Waals surface area contributed by atoms with E-state index >= 15 is 0 Å². The Morgan fingerprint density at radius 1 is 1.21 bits per heavy atom. The van der Waals surface area contributed by atoms with Gasteiger partial charge in [0.25, 0.3) is 0 Å². The number of rotatable bonds is 7. The Labute approximate surface area is 116 Å². The summed E-state index contributed by atoms with van der Waals surface area (Å²) in [4.78, 5) is 2.54. The van der Waals surface area contributed by atoms with Crippen LogP contribution in [0.25, 0.3) is 0 Å². The molecule has 1 aromatic rings. The molecule has 0 bridgehead atoms. The minimum Gasteiger partial charge on any atom is -0.383 e. The summed E-state index contributed by atoms with van der Waals surface area (Å²) in [5.41, 5.74) is 0.948. The van der Waals surface area contributed by atoms with Gasteiger partial charge in [-0.2, -0.15) is 0 Å². The van der Waals surface area contributed by atoms with Gasteiger partial charge in [-0.3, -0.25) is 0 Å². The molecule has 0 heterocycles. The first kappa shape index (κ1) is 16.0. The third kappa shape index (κ3) is 4.84. The summed E-state index contributed by atoms with van der Waals surface area (Å²) in [6.07, 6.45) is 0.642. The quantitative estimate of drug-likeness (QED) is 0.834. The Morgan fingerprint density at radius 2 is 1.79 bits per heavy atom. The fourth-order valence-corrected chi connectivity index (χ4v) is 2.94. The van der Waals surface area contributed by atoms with E-state index in [0.29, 0.717) is 17.4 Å². The average Bonchev–Trinajstić information content (AvgIpc) is 2.36. The van der Waals surface area contributed by atoms with Gasteiger partial charge in [-0.15, -0.1) is 0 Å². The molecule has 1 atom stereocenters. The molecule has 0 radical (unpaired) electrons. The van der Waals surface area contributed by atoms with Crippen molar-refractivity contribution in [3.8, 4) is 0 Å². The Morgan fingerprint density at radius 3 is 2.26 bits per heavy atom. The molecule has 0 aromatic heterocycles. The van der Waals surface area contributed by atoms with Crippen molar-refractivity contribution in [3.05, 3.63) is 24.3 Å². The predicted molar refractivity (Wildman–Crippen MR) is 80.4 cm³/mol. The van der Waals surface area contributed by atoms with Crippen molar-refractivity contribution in [2.24, 2.45) is 0 Å². The zero-order chi connectivity index (χ0) is 14.5. The number of sulfone groups is 1. The largest absolute Gasteiger partial charge is 0.383 e. The van der Waals surface area contributed by atoms with Crippen LogP contribution in [-0.2, 0) is 9.84 Å². The van der Waals surface area contributed by atoms with E-state index in [-0.39, 0.29) is 5.75 Å². The van der Waals surface area contributed by atoms with Crippen molar-refractivity contribution in [1.82, 2.24) is 4.90 Å². The lowest BCUT2D eigenvalue weighted by Gasteiger charge is -2.20. The number of benzene rings is 1. The summed E-state index contributed by atoms with van der Waals surface area (Å²) in [5.74, 6) is 0.206. The highest BCUT2D eigenvalue weighted by Crippen LogP contribution is 2.16. The van der Waals surface area contributed by atoms with Crippen LogP contribution in [0.1, 0.15) is 20.3 Å². The molecule has 0 saturated carbocycles. The van der Waals surface area contributed by atoms with E-state index in [1.807, 2.05) is 33.2 Å². The summed E-state index contributed by atoms with van der Waals surface area (Å²) < 4.78 is 23.7. The smallest absolute Gasteiger partial charge is 0.178 e. The standard InChI is InChI=1S/C14H24N2O2S/c1-5-10-19(17,18)14-8-6-13(7-9-14)15-11-12(2)16(3)4/h6-9,12,15H,5,10-11H2,1-4H3. The summed E-state index contributed by atoms with van der Waals surface area (Å²) in [6.45, 7) is 4.83. The van der Waals surface area contributed by atoms with Gasteiger partial charge in [0.1, 0.15) is 0 Å². The van der Waals surface area contributed by atoms with Gasteiger partial charge in [0, 0.05) is 18.3 Å². The van der Waals surface area contributed by atoms with Crippen molar-refractivity contribution in [2.45, 2.75) is 31.2 Å². The fourth-order valence-electron chi connectivity index (χ4n) is 1.61. The second-order valence-corrected chi connectivity index (χ2v) is 7.15. The first-order chi connectivity index (χ1) is 8.86. The Hall–Kier alpha value is -1.07. The predicted octanol–water partition coefficient (Wildman–Crippen LogP) is 2.23. The third-order valence-corrected chi connectivity index (χ3v) is 5.11. The van der Waals surface area contributed by atoms with E-state index in [0.717, 1.165) is 12.2 Å². The highest BCUT2D eigenvalue weighted by molar-refractivity contribution is 7.91. The molecule has 4 nitrogen and oxygen atoms in total. The van der Waals surface area contributed by atoms with Crippen LogP contribution in [0.3, 0.4) is 0 Å². The average molecular weight is 284 g/mol. The van der Waals surface area contributed by atoms with Gasteiger partial charge in [0.05, 0.1) is 10.6 Å². The molecule has 0 aliphatic heterocycles. The molecule has 1 unspecified atom stereocenters. The maximum absolute atomic E-state index is 11.9. The number of hydrogen-bond donors (Lipinski definition) is 1. The minimum absolute atomic E-state index is 0.206. The van der Waals surface area contributed by atoms with Crippen LogP contribution < -0.4 is 5.32 Å². The van der Waals surface area contributed by atoms with Gasteiger partial charge in [-0.05, 0) is 51.7 Å². The summed E-state index contributed by atoms with van der Waals surface area (Å²) in [6, 6.07) is 7.42. The summed E-state index contributed by atoms with van der Waals surface area (Å²) >= 11 is 0. The van der Waals surface area contributed by atoms with E-state index in [2.05, 4.69) is 17.1 Å². The summed E-state index contributed by atoms with van der Waals surface area (Å²) in [5, 5.41) is 3.30. The maximum Gasteiger partial charge on any atom is 0.178 e. The van der Waals surface area contributed by atoms with Crippen LogP contribution in [0.2, 0.25) is 0 Å². The highest BCUT2D eigenvalue weighted by atomic mass is 32.2. The molecule has 0 spiro atoms. The number of nitrogens with zero attached hydrogens (tertiary/aromatic N) is 1. The highest BCUT2D eigenvalue weighted by Gasteiger charge is 2.12. The molecular formula is C14H24N2O2S. The van der Waals surface area contributed by atoms with Gasteiger partial charge in [-0.1, -0.05) is 6.92 Å². The molecule has 19 heavy (non-hydrogen) atoms. The van der Waals surface area contributed by atoms with Gasteiger partial charge >= 0.3 is 0 Å². The van der Waals surface area contributed by atoms with Crippen molar-refractivity contribution < 1.29 is 8.42 Å². The molecule has 0 aliphatic carbocycles. The second-order valence-electron chi connectivity index (χ2n) is 5.04.